The van der Waals surface area contributed by atoms with Crippen molar-refractivity contribution in [2.24, 2.45) is 0 Å². The highest BCUT2D eigenvalue weighted by molar-refractivity contribution is 4.64. The summed E-state index contributed by atoms with van der Waals surface area (Å²) in [5.74, 6) is 0. The molecule has 10 heavy (non-hydrogen) atoms. The van der Waals surface area contributed by atoms with E-state index in [1.807, 2.05) is 0 Å². The van der Waals surface area contributed by atoms with Crippen molar-refractivity contribution in [1.82, 2.24) is 5.32 Å². The SMILES string of the molecule is C[NH+](C)C[C@@H]1CNCCO1. The van der Waals surface area contributed by atoms with Gasteiger partial charge in [0.2, 0.25) is 0 Å². The van der Waals surface area contributed by atoms with Crippen LogP contribution in [0.25, 0.3) is 0 Å². The molecule has 0 amide bonds. The molecular formula is C7H17N2O+. The van der Waals surface area contributed by atoms with Gasteiger partial charge >= 0.3 is 0 Å². The van der Waals surface area contributed by atoms with Crippen LogP contribution in [0, 0.1) is 0 Å². The smallest absolute Gasteiger partial charge is 0.119 e. The van der Waals surface area contributed by atoms with Crippen LogP contribution in [0.15, 0.2) is 0 Å². The molecule has 1 atom stereocenters. The first kappa shape index (κ1) is 7.98. The molecule has 60 valence electrons. The van der Waals surface area contributed by atoms with Crippen molar-refractivity contribution in [1.29, 1.82) is 0 Å². The summed E-state index contributed by atoms with van der Waals surface area (Å²) < 4.78 is 5.51. The molecule has 1 aliphatic heterocycles. The average molecular weight is 145 g/mol. The summed E-state index contributed by atoms with van der Waals surface area (Å²) in [7, 11) is 4.30. The quantitative estimate of drug-likeness (QED) is 0.475. The molecule has 0 aromatic carbocycles. The first-order chi connectivity index (χ1) is 4.79. The third-order valence-electron chi connectivity index (χ3n) is 1.64. The largest absolute Gasteiger partial charge is 0.370 e. The number of likely N-dealkylation sites (N-methyl/N-ethyl adjacent to an activating group) is 1. The standard InChI is InChI=1S/C7H16N2O/c1-9(2)6-7-5-8-3-4-10-7/h7-8H,3-6H2,1-2H3/p+1/t7-/m0/s1. The number of rotatable bonds is 2. The molecule has 0 unspecified atom stereocenters. The Labute approximate surface area is 62.3 Å². The van der Waals surface area contributed by atoms with E-state index in [1.165, 1.54) is 4.90 Å². The van der Waals surface area contributed by atoms with E-state index >= 15 is 0 Å². The van der Waals surface area contributed by atoms with Gasteiger partial charge in [-0.05, 0) is 0 Å². The van der Waals surface area contributed by atoms with Crippen LogP contribution in [0.1, 0.15) is 0 Å². The van der Waals surface area contributed by atoms with E-state index in [1.54, 1.807) is 0 Å². The molecule has 0 bridgehead atoms. The Balaban J connectivity index is 2.13. The van der Waals surface area contributed by atoms with Crippen molar-refractivity contribution >= 4 is 0 Å². The van der Waals surface area contributed by atoms with Crippen LogP contribution in [0.5, 0.6) is 0 Å². The third kappa shape index (κ3) is 2.64. The Morgan fingerprint density at radius 2 is 2.40 bits per heavy atom. The van der Waals surface area contributed by atoms with Crippen molar-refractivity contribution in [3.05, 3.63) is 0 Å². The van der Waals surface area contributed by atoms with Crippen LogP contribution < -0.4 is 10.2 Å². The average Bonchev–Trinajstić information content (AvgIpc) is 1.88. The number of morpholine rings is 1. The highest BCUT2D eigenvalue weighted by Crippen LogP contribution is 1.91. The Hall–Kier alpha value is -0.120. The number of hydrogen-bond acceptors (Lipinski definition) is 2. The van der Waals surface area contributed by atoms with E-state index in [-0.39, 0.29) is 0 Å². The predicted molar refractivity (Wildman–Crippen MR) is 40.3 cm³/mol. The molecule has 3 nitrogen and oxygen atoms in total. The molecule has 0 aliphatic carbocycles. The molecule has 1 aliphatic rings. The Kier molecular flexibility index (Phi) is 3.12. The maximum Gasteiger partial charge on any atom is 0.119 e. The lowest BCUT2D eigenvalue weighted by atomic mass is 10.3. The molecule has 0 saturated carbocycles. The molecule has 0 aromatic rings. The molecular weight excluding hydrogens is 128 g/mol. The molecule has 0 aromatic heterocycles. The zero-order valence-electron chi connectivity index (χ0n) is 6.81. The van der Waals surface area contributed by atoms with Crippen molar-refractivity contribution in [2.75, 3.05) is 40.3 Å². The van der Waals surface area contributed by atoms with Crippen LogP contribution in [-0.2, 0) is 4.74 Å². The van der Waals surface area contributed by atoms with E-state index < -0.39 is 0 Å². The van der Waals surface area contributed by atoms with E-state index in [4.69, 9.17) is 4.74 Å². The summed E-state index contributed by atoms with van der Waals surface area (Å²) in [6.45, 7) is 4.01. The second-order valence-electron chi connectivity index (χ2n) is 3.11. The van der Waals surface area contributed by atoms with Crippen molar-refractivity contribution in [2.45, 2.75) is 6.10 Å². The third-order valence-corrected chi connectivity index (χ3v) is 1.64. The van der Waals surface area contributed by atoms with Gasteiger partial charge < -0.3 is 15.0 Å². The van der Waals surface area contributed by atoms with Crippen molar-refractivity contribution in [3.63, 3.8) is 0 Å². The topological polar surface area (TPSA) is 25.7 Å². The lowest BCUT2D eigenvalue weighted by Crippen LogP contribution is -3.07. The minimum absolute atomic E-state index is 0.429. The predicted octanol–water partition coefficient (Wildman–Crippen LogP) is -1.88. The van der Waals surface area contributed by atoms with E-state index in [0.29, 0.717) is 6.10 Å². The second-order valence-corrected chi connectivity index (χ2v) is 3.11. The monoisotopic (exact) mass is 145 g/mol. The summed E-state index contributed by atoms with van der Waals surface area (Å²) in [6, 6.07) is 0. The highest BCUT2D eigenvalue weighted by atomic mass is 16.5. The fraction of sp³-hybridized carbons (Fsp3) is 1.00. The summed E-state index contributed by atoms with van der Waals surface area (Å²) in [5.41, 5.74) is 0. The van der Waals surface area contributed by atoms with Gasteiger partial charge in [-0.1, -0.05) is 0 Å². The molecule has 2 N–H and O–H groups in total. The molecule has 1 fully saturated rings. The van der Waals surface area contributed by atoms with Gasteiger partial charge in [0.05, 0.1) is 20.7 Å². The zero-order valence-corrected chi connectivity index (χ0v) is 6.81. The number of hydrogen-bond donors (Lipinski definition) is 2. The van der Waals surface area contributed by atoms with Gasteiger partial charge in [0, 0.05) is 13.1 Å². The van der Waals surface area contributed by atoms with E-state index in [0.717, 1.165) is 26.2 Å². The fourth-order valence-corrected chi connectivity index (χ4v) is 1.21. The minimum atomic E-state index is 0.429. The van der Waals surface area contributed by atoms with Crippen LogP contribution in [-0.4, -0.2) is 46.4 Å². The van der Waals surface area contributed by atoms with Crippen LogP contribution >= 0.6 is 0 Å². The summed E-state index contributed by atoms with van der Waals surface area (Å²) in [4.78, 5) is 1.45. The summed E-state index contributed by atoms with van der Waals surface area (Å²) in [6.07, 6.45) is 0.429. The maximum absolute atomic E-state index is 5.51. The van der Waals surface area contributed by atoms with E-state index in [2.05, 4.69) is 19.4 Å². The molecule has 1 heterocycles. The van der Waals surface area contributed by atoms with Crippen LogP contribution in [0.2, 0.25) is 0 Å². The van der Waals surface area contributed by atoms with E-state index in [9.17, 15) is 0 Å². The van der Waals surface area contributed by atoms with Gasteiger partial charge in [-0.2, -0.15) is 0 Å². The van der Waals surface area contributed by atoms with Gasteiger partial charge in [0.1, 0.15) is 12.6 Å². The molecule has 1 saturated heterocycles. The zero-order chi connectivity index (χ0) is 7.40. The number of quaternary nitrogens is 1. The van der Waals surface area contributed by atoms with Crippen LogP contribution in [0.3, 0.4) is 0 Å². The molecule has 3 heteroatoms. The first-order valence-corrected chi connectivity index (χ1v) is 3.90. The lowest BCUT2D eigenvalue weighted by Gasteiger charge is -2.24. The van der Waals surface area contributed by atoms with Crippen molar-refractivity contribution < 1.29 is 9.64 Å². The maximum atomic E-state index is 5.51. The van der Waals surface area contributed by atoms with Gasteiger partial charge in [0.15, 0.2) is 0 Å². The van der Waals surface area contributed by atoms with Gasteiger partial charge in [-0.3, -0.25) is 0 Å². The highest BCUT2D eigenvalue weighted by Gasteiger charge is 2.15. The first-order valence-electron chi connectivity index (χ1n) is 3.90. The molecule has 0 radical (unpaired) electrons. The van der Waals surface area contributed by atoms with Gasteiger partial charge in [-0.25, -0.2) is 0 Å². The lowest BCUT2D eigenvalue weighted by molar-refractivity contribution is -0.861. The molecule has 0 spiro atoms. The van der Waals surface area contributed by atoms with Crippen molar-refractivity contribution in [3.8, 4) is 0 Å². The summed E-state index contributed by atoms with van der Waals surface area (Å²) >= 11 is 0. The normalized spacial score (nSPS) is 27.3. The Bertz CT molecular complexity index is 89.6. The number of nitrogens with one attached hydrogen (secondary N) is 2. The molecule has 1 rings (SSSR count). The summed E-state index contributed by atoms with van der Waals surface area (Å²) in [5, 5.41) is 3.30. The Morgan fingerprint density at radius 3 is 2.90 bits per heavy atom. The van der Waals surface area contributed by atoms with Gasteiger partial charge in [0.25, 0.3) is 0 Å². The Morgan fingerprint density at radius 1 is 1.60 bits per heavy atom. The minimum Gasteiger partial charge on any atom is -0.370 e. The second kappa shape index (κ2) is 3.91. The van der Waals surface area contributed by atoms with Crippen LogP contribution in [0.4, 0.5) is 0 Å². The number of ether oxygens (including phenoxy) is 1. The van der Waals surface area contributed by atoms with Gasteiger partial charge in [-0.15, -0.1) is 0 Å². The fourth-order valence-electron chi connectivity index (χ4n) is 1.21.